The summed E-state index contributed by atoms with van der Waals surface area (Å²) in [6, 6.07) is 6.26. The first-order chi connectivity index (χ1) is 5.77. The molecule has 3 heteroatoms. The summed E-state index contributed by atoms with van der Waals surface area (Å²) in [5, 5.41) is 3.35. The highest BCUT2D eigenvalue weighted by molar-refractivity contribution is 9.10. The molecule has 0 unspecified atom stereocenters. The minimum Gasteiger partial charge on any atom is -0.372 e. The van der Waals surface area contributed by atoms with Crippen LogP contribution in [0, 0.1) is 0 Å². The molecule has 1 aromatic rings. The Labute approximate surface area is 80.7 Å². The molecule has 0 bridgehead atoms. The maximum absolute atomic E-state index is 3.54. The zero-order valence-corrected chi connectivity index (χ0v) is 8.56. The molecule has 1 aromatic carbocycles. The van der Waals surface area contributed by atoms with Crippen LogP contribution in [0.4, 0.5) is 5.69 Å². The van der Waals surface area contributed by atoms with Crippen LogP contribution in [0.2, 0.25) is 0 Å². The zero-order valence-electron chi connectivity index (χ0n) is 6.97. The second-order valence-electron chi connectivity index (χ2n) is 3.12. The van der Waals surface area contributed by atoms with Crippen LogP contribution in [-0.2, 0) is 6.54 Å². The Bertz CT molecular complexity index is 299. The Morgan fingerprint density at radius 1 is 1.50 bits per heavy atom. The van der Waals surface area contributed by atoms with E-state index in [1.165, 1.54) is 15.7 Å². The quantitative estimate of drug-likeness (QED) is 0.731. The smallest absolute Gasteiger partial charge is 0.0678 e. The summed E-state index contributed by atoms with van der Waals surface area (Å²) in [6.07, 6.45) is 0. The predicted molar refractivity (Wildman–Crippen MR) is 54.1 cm³/mol. The monoisotopic (exact) mass is 226 g/mol. The van der Waals surface area contributed by atoms with Crippen molar-refractivity contribution in [3.05, 3.63) is 28.2 Å². The Balaban J connectivity index is 2.43. The van der Waals surface area contributed by atoms with Crippen LogP contribution < -0.4 is 5.32 Å². The molecule has 1 aliphatic rings. The molecular weight excluding hydrogens is 216 g/mol. The van der Waals surface area contributed by atoms with Gasteiger partial charge in [-0.25, -0.2) is 0 Å². The highest BCUT2D eigenvalue weighted by Gasteiger charge is 2.13. The van der Waals surface area contributed by atoms with Crippen molar-refractivity contribution < 1.29 is 0 Å². The van der Waals surface area contributed by atoms with E-state index in [4.69, 9.17) is 0 Å². The number of halogens is 1. The molecule has 0 fully saturated rings. The Morgan fingerprint density at radius 3 is 3.17 bits per heavy atom. The van der Waals surface area contributed by atoms with Gasteiger partial charge in [0.25, 0.3) is 0 Å². The van der Waals surface area contributed by atoms with E-state index in [9.17, 15) is 0 Å². The number of nitrogens with one attached hydrogen (secondary N) is 1. The van der Waals surface area contributed by atoms with Crippen LogP contribution >= 0.6 is 15.9 Å². The van der Waals surface area contributed by atoms with Gasteiger partial charge in [0.05, 0.1) is 6.67 Å². The fourth-order valence-corrected chi connectivity index (χ4v) is 1.92. The van der Waals surface area contributed by atoms with Crippen molar-refractivity contribution in [2.45, 2.75) is 6.54 Å². The lowest BCUT2D eigenvalue weighted by molar-refractivity contribution is 0.339. The highest BCUT2D eigenvalue weighted by atomic mass is 79.9. The van der Waals surface area contributed by atoms with E-state index in [1.807, 2.05) is 0 Å². The van der Waals surface area contributed by atoms with Gasteiger partial charge in [-0.1, -0.05) is 22.0 Å². The number of hydrogen-bond donors (Lipinski definition) is 1. The van der Waals surface area contributed by atoms with Gasteiger partial charge in [0, 0.05) is 22.3 Å². The van der Waals surface area contributed by atoms with Crippen LogP contribution in [-0.4, -0.2) is 18.6 Å². The molecule has 0 saturated carbocycles. The van der Waals surface area contributed by atoms with E-state index >= 15 is 0 Å². The average molecular weight is 227 g/mol. The molecule has 64 valence electrons. The summed E-state index contributed by atoms with van der Waals surface area (Å²) in [6.45, 7) is 1.95. The second-order valence-corrected chi connectivity index (χ2v) is 3.97. The normalized spacial score (nSPS) is 16.8. The van der Waals surface area contributed by atoms with Crippen molar-refractivity contribution in [2.24, 2.45) is 0 Å². The molecule has 0 amide bonds. The Morgan fingerprint density at radius 2 is 2.33 bits per heavy atom. The van der Waals surface area contributed by atoms with E-state index in [1.54, 1.807) is 0 Å². The Hall–Kier alpha value is -0.540. The molecule has 0 radical (unpaired) electrons. The van der Waals surface area contributed by atoms with Crippen molar-refractivity contribution in [3.63, 3.8) is 0 Å². The third-order valence-electron chi connectivity index (χ3n) is 2.09. The third-order valence-corrected chi connectivity index (χ3v) is 2.83. The van der Waals surface area contributed by atoms with Gasteiger partial charge in [-0.15, -0.1) is 0 Å². The molecule has 1 N–H and O–H groups in total. The van der Waals surface area contributed by atoms with Crippen LogP contribution in [0.3, 0.4) is 0 Å². The van der Waals surface area contributed by atoms with E-state index in [2.05, 4.69) is 51.4 Å². The van der Waals surface area contributed by atoms with Crippen LogP contribution in [0.15, 0.2) is 22.7 Å². The standard InChI is InChI=1S/C9H11BrN2/c1-12-5-7-8(10)3-2-4-9(7)11-6-12/h2-4,11H,5-6H2,1H3. The maximum atomic E-state index is 3.54. The van der Waals surface area contributed by atoms with Gasteiger partial charge in [0.1, 0.15) is 0 Å². The van der Waals surface area contributed by atoms with E-state index in [0.717, 1.165) is 13.2 Å². The van der Waals surface area contributed by atoms with Gasteiger partial charge < -0.3 is 5.32 Å². The number of benzene rings is 1. The molecular formula is C9H11BrN2. The molecule has 0 atom stereocenters. The fourth-order valence-electron chi connectivity index (χ4n) is 1.43. The first kappa shape index (κ1) is 8.08. The number of nitrogens with zero attached hydrogens (tertiary/aromatic N) is 1. The molecule has 1 aliphatic heterocycles. The van der Waals surface area contributed by atoms with Gasteiger partial charge in [-0.05, 0) is 19.2 Å². The fraction of sp³-hybridized carbons (Fsp3) is 0.333. The molecule has 0 aromatic heterocycles. The average Bonchev–Trinajstić information content (AvgIpc) is 2.07. The van der Waals surface area contributed by atoms with E-state index < -0.39 is 0 Å². The topological polar surface area (TPSA) is 15.3 Å². The van der Waals surface area contributed by atoms with Crippen molar-refractivity contribution in [1.29, 1.82) is 0 Å². The molecule has 12 heavy (non-hydrogen) atoms. The molecule has 0 saturated heterocycles. The number of anilines is 1. The first-order valence-electron chi connectivity index (χ1n) is 3.97. The molecule has 2 rings (SSSR count). The van der Waals surface area contributed by atoms with Crippen LogP contribution in [0.1, 0.15) is 5.56 Å². The first-order valence-corrected chi connectivity index (χ1v) is 4.76. The largest absolute Gasteiger partial charge is 0.372 e. The Kier molecular flexibility index (Phi) is 2.07. The van der Waals surface area contributed by atoms with E-state index in [-0.39, 0.29) is 0 Å². The van der Waals surface area contributed by atoms with Gasteiger partial charge in [0.15, 0.2) is 0 Å². The minimum absolute atomic E-state index is 0.934. The molecule has 0 aliphatic carbocycles. The summed E-state index contributed by atoms with van der Waals surface area (Å²) in [4.78, 5) is 2.24. The predicted octanol–water partition coefficient (Wildman–Crippen LogP) is 2.26. The maximum Gasteiger partial charge on any atom is 0.0678 e. The number of hydrogen-bond acceptors (Lipinski definition) is 2. The summed E-state index contributed by atoms with van der Waals surface area (Å²) >= 11 is 3.54. The molecule has 1 heterocycles. The van der Waals surface area contributed by atoms with Gasteiger partial charge >= 0.3 is 0 Å². The summed E-state index contributed by atoms with van der Waals surface area (Å²) in [7, 11) is 2.11. The number of rotatable bonds is 0. The van der Waals surface area contributed by atoms with Crippen LogP contribution in [0.25, 0.3) is 0 Å². The SMILES string of the molecule is CN1CNc2cccc(Br)c2C1. The second kappa shape index (κ2) is 3.07. The lowest BCUT2D eigenvalue weighted by Crippen LogP contribution is -2.30. The van der Waals surface area contributed by atoms with Crippen molar-refractivity contribution in [2.75, 3.05) is 19.0 Å². The summed E-state index contributed by atoms with van der Waals surface area (Å²) in [5.41, 5.74) is 2.61. The zero-order chi connectivity index (χ0) is 8.55. The number of fused-ring (bicyclic) bond motifs is 1. The third kappa shape index (κ3) is 1.34. The summed E-state index contributed by atoms with van der Waals surface area (Å²) < 4.78 is 1.19. The van der Waals surface area contributed by atoms with Crippen molar-refractivity contribution in [3.8, 4) is 0 Å². The van der Waals surface area contributed by atoms with Crippen LogP contribution in [0.5, 0.6) is 0 Å². The lowest BCUT2D eigenvalue weighted by atomic mass is 10.1. The van der Waals surface area contributed by atoms with Gasteiger partial charge in [0.2, 0.25) is 0 Å². The van der Waals surface area contributed by atoms with Crippen molar-refractivity contribution >= 4 is 21.6 Å². The molecule has 0 spiro atoms. The van der Waals surface area contributed by atoms with Crippen molar-refractivity contribution in [1.82, 2.24) is 4.90 Å². The van der Waals surface area contributed by atoms with Gasteiger partial charge in [-0.2, -0.15) is 0 Å². The highest BCUT2D eigenvalue weighted by Crippen LogP contribution is 2.28. The minimum atomic E-state index is 0.934. The summed E-state index contributed by atoms with van der Waals surface area (Å²) in [5.74, 6) is 0. The lowest BCUT2D eigenvalue weighted by Gasteiger charge is -2.27. The molecule has 2 nitrogen and oxygen atoms in total. The van der Waals surface area contributed by atoms with Gasteiger partial charge in [-0.3, -0.25) is 4.90 Å². The van der Waals surface area contributed by atoms with E-state index in [0.29, 0.717) is 0 Å².